The highest BCUT2D eigenvalue weighted by molar-refractivity contribution is 7.99. The molecule has 0 saturated heterocycles. The van der Waals surface area contributed by atoms with E-state index in [1.807, 2.05) is 43.3 Å². The molecule has 24 heavy (non-hydrogen) atoms. The summed E-state index contributed by atoms with van der Waals surface area (Å²) in [7, 11) is 0. The molecule has 0 amide bonds. The van der Waals surface area contributed by atoms with E-state index in [0.29, 0.717) is 11.9 Å². The van der Waals surface area contributed by atoms with Crippen LogP contribution in [0, 0.1) is 0 Å². The van der Waals surface area contributed by atoms with Crippen LogP contribution in [0.3, 0.4) is 0 Å². The van der Waals surface area contributed by atoms with Crippen molar-refractivity contribution in [3.05, 3.63) is 48.8 Å². The maximum atomic E-state index is 5.53. The van der Waals surface area contributed by atoms with E-state index in [1.54, 1.807) is 24.2 Å². The van der Waals surface area contributed by atoms with Crippen LogP contribution in [0.1, 0.15) is 20.8 Å². The van der Waals surface area contributed by atoms with E-state index < -0.39 is 0 Å². The van der Waals surface area contributed by atoms with Crippen LogP contribution in [0.15, 0.2) is 53.9 Å². The lowest BCUT2D eigenvalue weighted by atomic mass is 10.2. The average Bonchev–Trinajstić information content (AvgIpc) is 2.99. The molecule has 0 bridgehead atoms. The topological polar surface area (TPSA) is 52.8 Å². The fourth-order valence-corrected chi connectivity index (χ4v) is 3.14. The zero-order valence-electron chi connectivity index (χ0n) is 14.0. The van der Waals surface area contributed by atoms with Crippen molar-refractivity contribution in [1.29, 1.82) is 0 Å². The molecule has 2 heterocycles. The fourth-order valence-electron chi connectivity index (χ4n) is 2.34. The summed E-state index contributed by atoms with van der Waals surface area (Å²) in [4.78, 5) is 4.08. The Labute approximate surface area is 146 Å². The molecule has 1 aromatic carbocycles. The van der Waals surface area contributed by atoms with Gasteiger partial charge >= 0.3 is 0 Å². The maximum absolute atomic E-state index is 5.53. The summed E-state index contributed by atoms with van der Waals surface area (Å²) in [5.74, 6) is 1.67. The van der Waals surface area contributed by atoms with Crippen LogP contribution in [0.2, 0.25) is 0 Å². The van der Waals surface area contributed by atoms with Crippen molar-refractivity contribution in [3.63, 3.8) is 0 Å². The third-order valence-corrected chi connectivity index (χ3v) is 4.27. The Bertz CT molecular complexity index is 785. The molecule has 0 fully saturated rings. The van der Waals surface area contributed by atoms with Crippen LogP contribution >= 0.6 is 11.8 Å². The predicted molar refractivity (Wildman–Crippen MR) is 96.8 cm³/mol. The largest absolute Gasteiger partial charge is 0.494 e. The molecule has 3 rings (SSSR count). The molecule has 5 nitrogen and oxygen atoms in total. The molecule has 2 aromatic heterocycles. The zero-order chi connectivity index (χ0) is 16.9. The van der Waals surface area contributed by atoms with Crippen LogP contribution in [-0.4, -0.2) is 31.6 Å². The summed E-state index contributed by atoms with van der Waals surface area (Å²) in [5.41, 5.74) is 2.00. The Kier molecular flexibility index (Phi) is 5.15. The molecule has 0 atom stereocenters. The van der Waals surface area contributed by atoms with Gasteiger partial charge < -0.3 is 4.74 Å². The standard InChI is InChI=1S/C18H20N4OS/c1-4-23-16-7-5-15(6-8-16)22-17(14-9-11-19-12-10-14)20-21-18(22)24-13(2)3/h5-13H,4H2,1-3H3. The zero-order valence-corrected chi connectivity index (χ0v) is 14.8. The van der Waals surface area contributed by atoms with Gasteiger partial charge in [0.1, 0.15) is 5.75 Å². The Morgan fingerprint density at radius 3 is 2.38 bits per heavy atom. The highest BCUT2D eigenvalue weighted by Gasteiger charge is 2.17. The monoisotopic (exact) mass is 340 g/mol. The van der Waals surface area contributed by atoms with Gasteiger partial charge in [-0.25, -0.2) is 0 Å². The van der Waals surface area contributed by atoms with Crippen molar-refractivity contribution in [1.82, 2.24) is 19.7 Å². The van der Waals surface area contributed by atoms with Gasteiger partial charge in [0.2, 0.25) is 0 Å². The van der Waals surface area contributed by atoms with E-state index >= 15 is 0 Å². The molecule has 0 N–H and O–H groups in total. The van der Waals surface area contributed by atoms with Crippen molar-refractivity contribution in [3.8, 4) is 22.8 Å². The second-order valence-electron chi connectivity index (χ2n) is 5.47. The van der Waals surface area contributed by atoms with Gasteiger partial charge in [-0.2, -0.15) is 0 Å². The van der Waals surface area contributed by atoms with Gasteiger partial charge in [0, 0.05) is 28.9 Å². The summed E-state index contributed by atoms with van der Waals surface area (Å²) >= 11 is 1.69. The van der Waals surface area contributed by atoms with E-state index in [1.165, 1.54) is 0 Å². The minimum absolute atomic E-state index is 0.418. The minimum atomic E-state index is 0.418. The predicted octanol–water partition coefficient (Wildman–Crippen LogP) is 4.23. The third-order valence-electron chi connectivity index (χ3n) is 3.32. The van der Waals surface area contributed by atoms with E-state index in [-0.39, 0.29) is 0 Å². The quantitative estimate of drug-likeness (QED) is 0.629. The third kappa shape index (κ3) is 3.59. The second kappa shape index (κ2) is 7.49. The summed E-state index contributed by atoms with van der Waals surface area (Å²) < 4.78 is 7.61. The van der Waals surface area contributed by atoms with Crippen LogP contribution in [-0.2, 0) is 0 Å². The van der Waals surface area contributed by atoms with Gasteiger partial charge in [0.15, 0.2) is 11.0 Å². The molecule has 0 aliphatic heterocycles. The van der Waals surface area contributed by atoms with E-state index in [0.717, 1.165) is 28.0 Å². The summed E-state index contributed by atoms with van der Waals surface area (Å²) in [6.07, 6.45) is 3.53. The summed E-state index contributed by atoms with van der Waals surface area (Å²) in [5, 5.41) is 10.1. The first-order valence-electron chi connectivity index (χ1n) is 7.94. The molecular weight excluding hydrogens is 320 g/mol. The number of ether oxygens (including phenoxy) is 1. The first-order chi connectivity index (χ1) is 11.7. The van der Waals surface area contributed by atoms with Gasteiger partial charge in [-0.3, -0.25) is 9.55 Å². The van der Waals surface area contributed by atoms with Crippen LogP contribution in [0.5, 0.6) is 5.75 Å². The first-order valence-corrected chi connectivity index (χ1v) is 8.82. The Morgan fingerprint density at radius 2 is 1.75 bits per heavy atom. The van der Waals surface area contributed by atoms with Crippen LogP contribution in [0.4, 0.5) is 0 Å². The minimum Gasteiger partial charge on any atom is -0.494 e. The number of aromatic nitrogens is 4. The molecule has 0 spiro atoms. The fraction of sp³-hybridized carbons (Fsp3) is 0.278. The van der Waals surface area contributed by atoms with E-state index in [9.17, 15) is 0 Å². The molecule has 0 aliphatic rings. The lowest BCUT2D eigenvalue weighted by molar-refractivity contribution is 0.340. The summed E-state index contributed by atoms with van der Waals surface area (Å²) in [6.45, 7) is 6.93. The maximum Gasteiger partial charge on any atom is 0.196 e. The van der Waals surface area contributed by atoms with Crippen LogP contribution < -0.4 is 4.74 Å². The number of nitrogens with zero attached hydrogens (tertiary/aromatic N) is 4. The summed E-state index contributed by atoms with van der Waals surface area (Å²) in [6, 6.07) is 11.9. The number of rotatable bonds is 6. The van der Waals surface area contributed by atoms with E-state index in [2.05, 4.69) is 33.6 Å². The van der Waals surface area contributed by atoms with Crippen molar-refractivity contribution in [2.45, 2.75) is 31.2 Å². The number of thioether (sulfide) groups is 1. The van der Waals surface area contributed by atoms with Gasteiger partial charge in [-0.15, -0.1) is 10.2 Å². The SMILES string of the molecule is CCOc1ccc(-n2c(SC(C)C)nnc2-c2ccncc2)cc1. The normalized spacial score (nSPS) is 11.0. The lowest BCUT2D eigenvalue weighted by Crippen LogP contribution is -2.01. The van der Waals surface area contributed by atoms with Crippen molar-refractivity contribution in [2.24, 2.45) is 0 Å². The Morgan fingerprint density at radius 1 is 1.04 bits per heavy atom. The van der Waals surface area contributed by atoms with Crippen LogP contribution in [0.25, 0.3) is 17.1 Å². The highest BCUT2D eigenvalue weighted by atomic mass is 32.2. The Balaban J connectivity index is 2.07. The highest BCUT2D eigenvalue weighted by Crippen LogP contribution is 2.30. The van der Waals surface area contributed by atoms with Crippen molar-refractivity contribution >= 4 is 11.8 Å². The molecule has 0 aliphatic carbocycles. The van der Waals surface area contributed by atoms with Gasteiger partial charge in [-0.1, -0.05) is 25.6 Å². The molecule has 0 unspecified atom stereocenters. The first kappa shape index (κ1) is 16.5. The number of hydrogen-bond donors (Lipinski definition) is 0. The Hall–Kier alpha value is -2.34. The van der Waals surface area contributed by atoms with Gasteiger partial charge in [0.05, 0.1) is 6.61 Å². The molecule has 124 valence electrons. The smallest absolute Gasteiger partial charge is 0.196 e. The van der Waals surface area contributed by atoms with Gasteiger partial charge in [-0.05, 0) is 43.3 Å². The number of pyridine rings is 1. The lowest BCUT2D eigenvalue weighted by Gasteiger charge is -2.12. The van der Waals surface area contributed by atoms with Crippen molar-refractivity contribution < 1.29 is 4.74 Å². The van der Waals surface area contributed by atoms with Crippen molar-refractivity contribution in [2.75, 3.05) is 6.61 Å². The molecule has 0 radical (unpaired) electrons. The van der Waals surface area contributed by atoms with E-state index in [4.69, 9.17) is 4.74 Å². The molecule has 3 aromatic rings. The number of hydrogen-bond acceptors (Lipinski definition) is 5. The average molecular weight is 340 g/mol. The molecular formula is C18H20N4OS. The molecule has 0 saturated carbocycles. The molecule has 6 heteroatoms. The van der Waals surface area contributed by atoms with Gasteiger partial charge in [0.25, 0.3) is 0 Å². The number of benzene rings is 1. The second-order valence-corrected chi connectivity index (χ2v) is 7.01.